The molecule has 0 bridgehead atoms. The highest BCUT2D eigenvalue weighted by atomic mass is 16.2. The lowest BCUT2D eigenvalue weighted by atomic mass is 10.2. The number of pyridine rings is 2. The molecule has 5 heteroatoms. The number of nitrogens with one attached hydrogen (secondary N) is 1. The molecule has 0 atom stereocenters. The summed E-state index contributed by atoms with van der Waals surface area (Å²) in [6.07, 6.45) is 8.34. The quantitative estimate of drug-likeness (QED) is 0.761. The number of unbranched alkanes of at least 4 members (excludes halogenated alkanes) is 1. The minimum atomic E-state index is -0.0563. The van der Waals surface area contributed by atoms with Gasteiger partial charge in [-0.3, -0.25) is 9.78 Å². The third-order valence-corrected chi connectivity index (χ3v) is 3.67. The Bertz CT molecular complexity index is 598. The molecule has 0 unspecified atom stereocenters. The van der Waals surface area contributed by atoms with Crippen LogP contribution in [0.2, 0.25) is 0 Å². The summed E-state index contributed by atoms with van der Waals surface area (Å²) < 4.78 is 0. The van der Waals surface area contributed by atoms with Gasteiger partial charge in [-0.1, -0.05) is 13.3 Å². The predicted molar refractivity (Wildman–Crippen MR) is 92.5 cm³/mol. The van der Waals surface area contributed by atoms with Crippen LogP contribution in [0.4, 0.5) is 5.69 Å². The van der Waals surface area contributed by atoms with Crippen LogP contribution in [0.1, 0.15) is 35.8 Å². The average Bonchev–Trinajstić information content (AvgIpc) is 2.61. The summed E-state index contributed by atoms with van der Waals surface area (Å²) in [5.74, 6) is -0.0563. The van der Waals surface area contributed by atoms with Crippen molar-refractivity contribution in [2.45, 2.75) is 26.2 Å². The van der Waals surface area contributed by atoms with E-state index in [0.29, 0.717) is 12.2 Å². The van der Waals surface area contributed by atoms with Gasteiger partial charge in [-0.05, 0) is 42.7 Å². The van der Waals surface area contributed by atoms with E-state index in [-0.39, 0.29) is 5.91 Å². The van der Waals surface area contributed by atoms with Gasteiger partial charge in [-0.15, -0.1) is 0 Å². The molecule has 0 saturated heterocycles. The fourth-order valence-electron chi connectivity index (χ4n) is 2.18. The number of carbonyl (C=O) groups excluding carboxylic acids is 1. The lowest BCUT2D eigenvalue weighted by molar-refractivity contribution is 0.0791. The Labute approximate surface area is 137 Å². The number of aromatic nitrogens is 2. The molecule has 2 heterocycles. The normalized spacial score (nSPS) is 10.3. The molecule has 0 spiro atoms. The van der Waals surface area contributed by atoms with Crippen molar-refractivity contribution in [1.29, 1.82) is 0 Å². The topological polar surface area (TPSA) is 58.1 Å². The number of amides is 1. The summed E-state index contributed by atoms with van der Waals surface area (Å²) in [6, 6.07) is 7.62. The first kappa shape index (κ1) is 16.9. The van der Waals surface area contributed by atoms with E-state index >= 15 is 0 Å². The molecule has 0 fully saturated rings. The molecular weight excluding hydrogens is 288 g/mol. The first-order valence-electron chi connectivity index (χ1n) is 8.05. The van der Waals surface area contributed by atoms with E-state index in [1.807, 2.05) is 18.2 Å². The minimum Gasteiger partial charge on any atom is -0.384 e. The van der Waals surface area contributed by atoms with Gasteiger partial charge in [0, 0.05) is 32.5 Å². The van der Waals surface area contributed by atoms with E-state index in [2.05, 4.69) is 22.2 Å². The van der Waals surface area contributed by atoms with Gasteiger partial charge in [-0.25, -0.2) is 4.98 Å². The molecule has 0 aromatic carbocycles. The zero-order valence-corrected chi connectivity index (χ0v) is 13.8. The Balaban J connectivity index is 1.86. The SMILES string of the molecule is CCCCNc1ccc(C(=O)N(C)CCc2ccncc2)nc1. The standard InChI is InChI=1S/C18H24N4O/c1-3-4-10-20-16-5-6-17(21-14-16)18(23)22(2)13-9-15-7-11-19-12-8-15/h5-8,11-12,14,20H,3-4,9-10,13H2,1-2H3. The van der Waals surface area contributed by atoms with Gasteiger partial charge in [0.2, 0.25) is 0 Å². The number of rotatable bonds is 8. The van der Waals surface area contributed by atoms with Gasteiger partial charge in [0.1, 0.15) is 5.69 Å². The van der Waals surface area contributed by atoms with Crippen LogP contribution in [-0.4, -0.2) is 40.9 Å². The van der Waals surface area contributed by atoms with Crippen molar-refractivity contribution in [3.05, 3.63) is 54.1 Å². The molecule has 2 rings (SSSR count). The number of nitrogens with zero attached hydrogens (tertiary/aromatic N) is 3. The van der Waals surface area contributed by atoms with E-state index in [1.165, 1.54) is 5.56 Å². The molecule has 5 nitrogen and oxygen atoms in total. The van der Waals surface area contributed by atoms with Crippen LogP contribution in [0.25, 0.3) is 0 Å². The largest absolute Gasteiger partial charge is 0.384 e. The first-order valence-corrected chi connectivity index (χ1v) is 8.05. The maximum atomic E-state index is 12.4. The molecule has 1 N–H and O–H groups in total. The molecular formula is C18H24N4O. The molecule has 122 valence electrons. The predicted octanol–water partition coefficient (Wildman–Crippen LogP) is 3.00. The van der Waals surface area contributed by atoms with E-state index in [1.54, 1.807) is 36.6 Å². The zero-order chi connectivity index (χ0) is 16.5. The van der Waals surface area contributed by atoms with Gasteiger partial charge in [0.25, 0.3) is 5.91 Å². The Hall–Kier alpha value is -2.43. The van der Waals surface area contributed by atoms with Crippen molar-refractivity contribution in [3.63, 3.8) is 0 Å². The molecule has 23 heavy (non-hydrogen) atoms. The lowest BCUT2D eigenvalue weighted by Crippen LogP contribution is -2.29. The minimum absolute atomic E-state index is 0.0563. The highest BCUT2D eigenvalue weighted by molar-refractivity contribution is 5.92. The van der Waals surface area contributed by atoms with Crippen LogP contribution in [0.5, 0.6) is 0 Å². The molecule has 0 aliphatic heterocycles. The Morgan fingerprint density at radius 3 is 2.65 bits per heavy atom. The van der Waals surface area contributed by atoms with Crippen molar-refractivity contribution < 1.29 is 4.79 Å². The second kappa shape index (κ2) is 8.88. The van der Waals surface area contributed by atoms with Crippen LogP contribution >= 0.6 is 0 Å². The molecule has 0 aliphatic carbocycles. The fraction of sp³-hybridized carbons (Fsp3) is 0.389. The van der Waals surface area contributed by atoms with E-state index < -0.39 is 0 Å². The summed E-state index contributed by atoms with van der Waals surface area (Å²) in [5.41, 5.74) is 2.60. The average molecular weight is 312 g/mol. The number of likely N-dealkylation sites (N-methyl/N-ethyl adjacent to an activating group) is 1. The van der Waals surface area contributed by atoms with Crippen LogP contribution < -0.4 is 5.32 Å². The highest BCUT2D eigenvalue weighted by Crippen LogP contribution is 2.09. The van der Waals surface area contributed by atoms with Crippen LogP contribution in [-0.2, 0) is 6.42 Å². The van der Waals surface area contributed by atoms with Crippen LogP contribution in [0.3, 0.4) is 0 Å². The molecule has 0 saturated carbocycles. The lowest BCUT2D eigenvalue weighted by Gasteiger charge is -2.17. The Morgan fingerprint density at radius 2 is 2.00 bits per heavy atom. The number of hydrogen-bond acceptors (Lipinski definition) is 4. The van der Waals surface area contributed by atoms with Crippen LogP contribution in [0.15, 0.2) is 42.9 Å². The van der Waals surface area contributed by atoms with Crippen molar-refractivity contribution in [2.75, 3.05) is 25.5 Å². The third kappa shape index (κ3) is 5.36. The van der Waals surface area contributed by atoms with Crippen molar-refractivity contribution in [2.24, 2.45) is 0 Å². The summed E-state index contributed by atoms with van der Waals surface area (Å²) in [5, 5.41) is 3.29. The molecule has 0 radical (unpaired) electrons. The van der Waals surface area contributed by atoms with Gasteiger partial charge in [0.05, 0.1) is 11.9 Å². The van der Waals surface area contributed by atoms with Gasteiger partial charge in [0.15, 0.2) is 0 Å². The third-order valence-electron chi connectivity index (χ3n) is 3.67. The zero-order valence-electron chi connectivity index (χ0n) is 13.8. The van der Waals surface area contributed by atoms with Crippen LogP contribution in [0, 0.1) is 0 Å². The van der Waals surface area contributed by atoms with E-state index in [9.17, 15) is 4.79 Å². The molecule has 2 aromatic heterocycles. The smallest absolute Gasteiger partial charge is 0.272 e. The second-order valence-electron chi connectivity index (χ2n) is 5.54. The highest BCUT2D eigenvalue weighted by Gasteiger charge is 2.12. The van der Waals surface area contributed by atoms with Crippen molar-refractivity contribution in [1.82, 2.24) is 14.9 Å². The molecule has 0 aliphatic rings. The number of carbonyl (C=O) groups is 1. The van der Waals surface area contributed by atoms with Gasteiger partial charge < -0.3 is 10.2 Å². The van der Waals surface area contributed by atoms with Crippen molar-refractivity contribution in [3.8, 4) is 0 Å². The maximum absolute atomic E-state index is 12.4. The summed E-state index contributed by atoms with van der Waals surface area (Å²) in [4.78, 5) is 22.3. The first-order chi connectivity index (χ1) is 11.2. The summed E-state index contributed by atoms with van der Waals surface area (Å²) in [6.45, 7) is 3.74. The van der Waals surface area contributed by atoms with Crippen molar-refractivity contribution >= 4 is 11.6 Å². The van der Waals surface area contributed by atoms with E-state index in [0.717, 1.165) is 31.5 Å². The second-order valence-corrected chi connectivity index (χ2v) is 5.54. The Kier molecular flexibility index (Phi) is 6.54. The monoisotopic (exact) mass is 312 g/mol. The molecule has 1 amide bonds. The van der Waals surface area contributed by atoms with Gasteiger partial charge in [-0.2, -0.15) is 0 Å². The summed E-state index contributed by atoms with van der Waals surface area (Å²) in [7, 11) is 1.80. The number of hydrogen-bond donors (Lipinski definition) is 1. The maximum Gasteiger partial charge on any atom is 0.272 e. The van der Waals surface area contributed by atoms with Gasteiger partial charge >= 0.3 is 0 Å². The Morgan fingerprint density at radius 1 is 1.22 bits per heavy atom. The van der Waals surface area contributed by atoms with E-state index in [4.69, 9.17) is 0 Å². The summed E-state index contributed by atoms with van der Waals surface area (Å²) >= 11 is 0. The number of anilines is 1. The fourth-order valence-corrected chi connectivity index (χ4v) is 2.18. The molecule has 2 aromatic rings.